The van der Waals surface area contributed by atoms with Gasteiger partial charge in [0.05, 0.1) is 5.69 Å². The number of likely N-dealkylation sites (tertiary alicyclic amines) is 1. The lowest BCUT2D eigenvalue weighted by Crippen LogP contribution is -2.37. The summed E-state index contributed by atoms with van der Waals surface area (Å²) in [6.07, 6.45) is 7.30. The molecule has 1 aliphatic rings. The van der Waals surface area contributed by atoms with Gasteiger partial charge in [0.2, 0.25) is 0 Å². The smallest absolute Gasteiger partial charge is 0.137 e. The van der Waals surface area contributed by atoms with Gasteiger partial charge in [-0.25, -0.2) is 4.98 Å². The van der Waals surface area contributed by atoms with Crippen LogP contribution in [-0.2, 0) is 6.42 Å². The summed E-state index contributed by atoms with van der Waals surface area (Å²) in [7, 11) is 2.24. The molecule has 3 heteroatoms. The van der Waals surface area contributed by atoms with Crippen LogP contribution in [-0.4, -0.2) is 33.9 Å². The van der Waals surface area contributed by atoms with Gasteiger partial charge in [0.15, 0.2) is 0 Å². The zero-order valence-corrected chi connectivity index (χ0v) is 11.3. The fourth-order valence-electron chi connectivity index (χ4n) is 2.94. The lowest BCUT2D eigenvalue weighted by atomic mass is 9.99. The zero-order chi connectivity index (χ0) is 12.5. The summed E-state index contributed by atoms with van der Waals surface area (Å²) in [5, 5.41) is 0. The van der Waals surface area contributed by atoms with Gasteiger partial charge in [-0.2, -0.15) is 0 Å². The molecule has 0 aromatic carbocycles. The molecule has 1 aliphatic heterocycles. The van der Waals surface area contributed by atoms with E-state index in [1.165, 1.54) is 37.2 Å². The Bertz CT molecular complexity index is 544. The van der Waals surface area contributed by atoms with Crippen molar-refractivity contribution in [2.75, 3.05) is 13.6 Å². The summed E-state index contributed by atoms with van der Waals surface area (Å²) in [5.41, 5.74) is 3.55. The van der Waals surface area contributed by atoms with Gasteiger partial charge in [0.1, 0.15) is 5.65 Å². The van der Waals surface area contributed by atoms with E-state index >= 15 is 0 Å². The second-order valence-electron chi connectivity index (χ2n) is 5.46. The van der Waals surface area contributed by atoms with E-state index in [1.807, 2.05) is 0 Å². The fraction of sp³-hybridized carbons (Fsp3) is 0.533. The van der Waals surface area contributed by atoms with Crippen LogP contribution in [0.4, 0.5) is 0 Å². The van der Waals surface area contributed by atoms with Gasteiger partial charge >= 0.3 is 0 Å². The van der Waals surface area contributed by atoms with Crippen molar-refractivity contribution in [2.24, 2.45) is 0 Å². The molecular weight excluding hydrogens is 222 g/mol. The summed E-state index contributed by atoms with van der Waals surface area (Å²) < 4.78 is 2.19. The molecular formula is C15H21N3. The molecule has 3 heterocycles. The predicted octanol–water partition coefficient (Wildman–Crippen LogP) is 2.67. The quantitative estimate of drug-likeness (QED) is 0.808. The van der Waals surface area contributed by atoms with Crippen molar-refractivity contribution < 1.29 is 0 Å². The average Bonchev–Trinajstić information content (AvgIpc) is 2.76. The van der Waals surface area contributed by atoms with Crippen LogP contribution in [0.1, 0.15) is 30.7 Å². The molecule has 0 amide bonds. The summed E-state index contributed by atoms with van der Waals surface area (Å²) in [6.45, 7) is 3.36. The number of nitrogens with zero attached hydrogens (tertiary/aromatic N) is 3. The van der Waals surface area contributed by atoms with Crippen LogP contribution in [0.2, 0.25) is 0 Å². The molecule has 2 aromatic rings. The Hall–Kier alpha value is -1.35. The lowest BCUT2D eigenvalue weighted by molar-refractivity contribution is 0.184. The number of aryl methyl sites for hydroxylation is 1. The largest absolute Gasteiger partial charge is 0.304 e. The maximum Gasteiger partial charge on any atom is 0.137 e. The highest BCUT2D eigenvalue weighted by Gasteiger charge is 2.20. The molecule has 0 bridgehead atoms. The van der Waals surface area contributed by atoms with Crippen LogP contribution in [0.3, 0.4) is 0 Å². The Morgan fingerprint density at radius 1 is 1.33 bits per heavy atom. The van der Waals surface area contributed by atoms with Gasteiger partial charge in [0.25, 0.3) is 0 Å². The summed E-state index contributed by atoms with van der Waals surface area (Å²) in [6, 6.07) is 6.96. The summed E-state index contributed by atoms with van der Waals surface area (Å²) in [5.74, 6) is 0. The molecule has 1 unspecified atom stereocenters. The van der Waals surface area contributed by atoms with E-state index in [0.29, 0.717) is 6.04 Å². The topological polar surface area (TPSA) is 20.5 Å². The number of hydrogen-bond acceptors (Lipinski definition) is 2. The van der Waals surface area contributed by atoms with Gasteiger partial charge in [0, 0.05) is 24.4 Å². The predicted molar refractivity (Wildman–Crippen MR) is 73.9 cm³/mol. The van der Waals surface area contributed by atoms with Crippen LogP contribution < -0.4 is 0 Å². The highest BCUT2D eigenvalue weighted by atomic mass is 15.1. The van der Waals surface area contributed by atoms with E-state index in [0.717, 1.165) is 12.1 Å². The van der Waals surface area contributed by atoms with Gasteiger partial charge in [-0.1, -0.05) is 12.5 Å². The number of aromatic nitrogens is 2. The number of rotatable bonds is 2. The third-order valence-electron chi connectivity index (χ3n) is 4.11. The maximum atomic E-state index is 4.74. The number of pyridine rings is 1. The monoisotopic (exact) mass is 243 g/mol. The second-order valence-corrected chi connectivity index (χ2v) is 5.46. The average molecular weight is 243 g/mol. The van der Waals surface area contributed by atoms with Crippen LogP contribution in [0.15, 0.2) is 24.4 Å². The van der Waals surface area contributed by atoms with E-state index in [-0.39, 0.29) is 0 Å². The van der Waals surface area contributed by atoms with Crippen molar-refractivity contribution in [3.05, 3.63) is 35.8 Å². The maximum absolute atomic E-state index is 4.74. The molecule has 0 saturated carbocycles. The van der Waals surface area contributed by atoms with Crippen molar-refractivity contribution in [2.45, 2.75) is 38.6 Å². The van der Waals surface area contributed by atoms with Gasteiger partial charge in [-0.3, -0.25) is 0 Å². The first kappa shape index (κ1) is 11.7. The van der Waals surface area contributed by atoms with E-state index in [4.69, 9.17) is 4.98 Å². The molecule has 3 rings (SSSR count). The second kappa shape index (κ2) is 4.73. The van der Waals surface area contributed by atoms with Gasteiger partial charge in [-0.15, -0.1) is 0 Å². The molecule has 0 N–H and O–H groups in total. The van der Waals surface area contributed by atoms with Crippen LogP contribution in [0, 0.1) is 6.92 Å². The van der Waals surface area contributed by atoms with E-state index in [9.17, 15) is 0 Å². The highest BCUT2D eigenvalue weighted by molar-refractivity contribution is 5.41. The minimum Gasteiger partial charge on any atom is -0.304 e. The molecule has 0 radical (unpaired) electrons. The SMILES string of the molecule is Cc1cccc2nc(CC3CCCCN3C)cn12. The molecule has 1 fully saturated rings. The zero-order valence-electron chi connectivity index (χ0n) is 11.3. The van der Waals surface area contributed by atoms with Crippen LogP contribution in [0.25, 0.3) is 5.65 Å². The Morgan fingerprint density at radius 3 is 3.00 bits per heavy atom. The Morgan fingerprint density at radius 2 is 2.22 bits per heavy atom. The molecule has 2 aromatic heterocycles. The molecule has 3 nitrogen and oxygen atoms in total. The third kappa shape index (κ3) is 2.15. The summed E-state index contributed by atoms with van der Waals surface area (Å²) in [4.78, 5) is 7.22. The standard InChI is InChI=1S/C15H21N3/c1-12-6-5-8-15-16-13(11-18(12)15)10-14-7-3-4-9-17(14)2/h5-6,8,11,14H,3-4,7,9-10H2,1-2H3. The van der Waals surface area contributed by atoms with Gasteiger partial charge in [-0.05, 0) is 45.5 Å². The number of imidazole rings is 1. The van der Waals surface area contributed by atoms with Crippen molar-refractivity contribution >= 4 is 5.65 Å². The molecule has 0 spiro atoms. The first-order chi connectivity index (χ1) is 8.74. The molecule has 0 aliphatic carbocycles. The van der Waals surface area contributed by atoms with Crippen LogP contribution in [0.5, 0.6) is 0 Å². The van der Waals surface area contributed by atoms with Crippen molar-refractivity contribution in [3.8, 4) is 0 Å². The number of hydrogen-bond donors (Lipinski definition) is 0. The third-order valence-corrected chi connectivity index (χ3v) is 4.11. The highest BCUT2D eigenvalue weighted by Crippen LogP contribution is 2.19. The van der Waals surface area contributed by atoms with Crippen molar-refractivity contribution in [1.29, 1.82) is 0 Å². The Labute approximate surface area is 108 Å². The van der Waals surface area contributed by atoms with Gasteiger partial charge < -0.3 is 9.30 Å². The Balaban J connectivity index is 1.84. The summed E-state index contributed by atoms with van der Waals surface area (Å²) >= 11 is 0. The number of piperidine rings is 1. The lowest BCUT2D eigenvalue weighted by Gasteiger charge is -2.31. The Kier molecular flexibility index (Phi) is 3.08. The normalized spacial score (nSPS) is 21.6. The van der Waals surface area contributed by atoms with E-state index < -0.39 is 0 Å². The first-order valence-electron chi connectivity index (χ1n) is 6.88. The first-order valence-corrected chi connectivity index (χ1v) is 6.88. The van der Waals surface area contributed by atoms with E-state index in [1.54, 1.807) is 0 Å². The fourth-order valence-corrected chi connectivity index (χ4v) is 2.94. The molecule has 1 saturated heterocycles. The van der Waals surface area contributed by atoms with E-state index in [2.05, 4.69) is 47.7 Å². The van der Waals surface area contributed by atoms with Crippen LogP contribution >= 0.6 is 0 Å². The molecule has 18 heavy (non-hydrogen) atoms. The molecule has 1 atom stereocenters. The minimum atomic E-state index is 0.670. The number of fused-ring (bicyclic) bond motifs is 1. The van der Waals surface area contributed by atoms with Crippen molar-refractivity contribution in [1.82, 2.24) is 14.3 Å². The van der Waals surface area contributed by atoms with Crippen molar-refractivity contribution in [3.63, 3.8) is 0 Å². The number of likely N-dealkylation sites (N-methyl/N-ethyl adjacent to an activating group) is 1. The molecule has 96 valence electrons. The minimum absolute atomic E-state index is 0.670.